The minimum Gasteiger partial charge on any atom is -0.352 e. The predicted octanol–water partition coefficient (Wildman–Crippen LogP) is 2.86. The van der Waals surface area contributed by atoms with Gasteiger partial charge in [-0.05, 0) is 70.1 Å². The van der Waals surface area contributed by atoms with E-state index < -0.39 is 10.0 Å². The number of hydrogen-bond acceptors (Lipinski definition) is 5. The van der Waals surface area contributed by atoms with Crippen molar-refractivity contribution in [3.63, 3.8) is 0 Å². The van der Waals surface area contributed by atoms with Gasteiger partial charge in [0.1, 0.15) is 0 Å². The highest BCUT2D eigenvalue weighted by Crippen LogP contribution is 2.20. The molecule has 1 saturated heterocycles. The standard InChI is InChI=1S/C24H34N4O3S/c1-19-6-9-21(10-7-19)26-32(30,31)22-11-8-20(2)23(18-22)24(29)25-12-4-5-13-28-16-14-27(3)15-17-28/h6-11,18,26H,4-5,12-17H2,1-3H3,(H,25,29). The molecule has 2 N–H and O–H groups in total. The van der Waals surface area contributed by atoms with Crippen LogP contribution in [0.2, 0.25) is 0 Å². The molecule has 0 unspecified atom stereocenters. The molecule has 1 fully saturated rings. The van der Waals surface area contributed by atoms with E-state index in [2.05, 4.69) is 26.9 Å². The average Bonchev–Trinajstić information content (AvgIpc) is 2.76. The second-order valence-corrected chi connectivity index (χ2v) is 10.2. The van der Waals surface area contributed by atoms with Gasteiger partial charge in [-0.1, -0.05) is 23.8 Å². The molecule has 174 valence electrons. The first kappa shape index (κ1) is 24.2. The van der Waals surface area contributed by atoms with Crippen molar-refractivity contribution >= 4 is 21.6 Å². The third-order valence-electron chi connectivity index (χ3n) is 5.85. The average molecular weight is 459 g/mol. The number of nitrogens with one attached hydrogen (secondary N) is 2. The highest BCUT2D eigenvalue weighted by atomic mass is 32.2. The van der Waals surface area contributed by atoms with Crippen LogP contribution in [-0.2, 0) is 10.0 Å². The number of carbonyl (C=O) groups excluding carboxylic acids is 1. The molecule has 2 aromatic rings. The molecule has 8 heteroatoms. The summed E-state index contributed by atoms with van der Waals surface area (Å²) in [6.45, 7) is 9.77. The Kier molecular flexibility index (Phi) is 8.28. The quantitative estimate of drug-likeness (QED) is 0.565. The molecule has 0 radical (unpaired) electrons. The maximum absolute atomic E-state index is 12.8. The van der Waals surface area contributed by atoms with Crippen molar-refractivity contribution in [1.82, 2.24) is 15.1 Å². The van der Waals surface area contributed by atoms with Crippen LogP contribution in [0.15, 0.2) is 47.4 Å². The Balaban J connectivity index is 1.53. The van der Waals surface area contributed by atoms with Crippen LogP contribution in [-0.4, -0.2) is 70.4 Å². The van der Waals surface area contributed by atoms with Crippen LogP contribution >= 0.6 is 0 Å². The molecule has 0 aromatic heterocycles. The molecule has 0 atom stereocenters. The molecule has 1 aliphatic heterocycles. The van der Waals surface area contributed by atoms with Gasteiger partial charge < -0.3 is 15.1 Å². The summed E-state index contributed by atoms with van der Waals surface area (Å²) in [5, 5.41) is 2.94. The molecule has 0 spiro atoms. The zero-order chi connectivity index (χ0) is 23.1. The van der Waals surface area contributed by atoms with Crippen LogP contribution in [0.3, 0.4) is 0 Å². The number of aryl methyl sites for hydroxylation is 2. The number of likely N-dealkylation sites (N-methyl/N-ethyl adjacent to an activating group) is 1. The summed E-state index contributed by atoms with van der Waals surface area (Å²) < 4.78 is 28.2. The molecule has 1 amide bonds. The van der Waals surface area contributed by atoms with Gasteiger partial charge in [0.05, 0.1) is 4.90 Å². The Morgan fingerprint density at radius 2 is 1.66 bits per heavy atom. The van der Waals surface area contributed by atoms with Crippen LogP contribution in [0.25, 0.3) is 0 Å². The first-order valence-corrected chi connectivity index (χ1v) is 12.6. The van der Waals surface area contributed by atoms with Gasteiger partial charge in [0.2, 0.25) is 0 Å². The SMILES string of the molecule is Cc1ccc(NS(=O)(=O)c2ccc(C)c(C(=O)NCCCCN3CCN(C)CC3)c2)cc1. The van der Waals surface area contributed by atoms with Crippen molar-refractivity contribution in [2.24, 2.45) is 0 Å². The second-order valence-electron chi connectivity index (χ2n) is 8.56. The van der Waals surface area contributed by atoms with Gasteiger partial charge in [-0.25, -0.2) is 8.42 Å². The highest BCUT2D eigenvalue weighted by Gasteiger charge is 2.18. The van der Waals surface area contributed by atoms with E-state index in [0.29, 0.717) is 17.8 Å². The number of piperazine rings is 1. The zero-order valence-electron chi connectivity index (χ0n) is 19.2. The van der Waals surface area contributed by atoms with Crippen molar-refractivity contribution in [3.8, 4) is 0 Å². The zero-order valence-corrected chi connectivity index (χ0v) is 20.0. The van der Waals surface area contributed by atoms with Crippen LogP contribution in [0.1, 0.15) is 34.3 Å². The molecule has 1 aliphatic rings. The molecule has 7 nitrogen and oxygen atoms in total. The Hall–Kier alpha value is -2.42. The van der Waals surface area contributed by atoms with Crippen molar-refractivity contribution < 1.29 is 13.2 Å². The van der Waals surface area contributed by atoms with E-state index in [1.54, 1.807) is 18.2 Å². The lowest BCUT2D eigenvalue weighted by Crippen LogP contribution is -2.44. The van der Waals surface area contributed by atoms with Gasteiger partial charge in [0.15, 0.2) is 0 Å². The van der Waals surface area contributed by atoms with Crippen molar-refractivity contribution in [3.05, 3.63) is 59.2 Å². The van der Waals surface area contributed by atoms with Crippen LogP contribution in [0, 0.1) is 13.8 Å². The van der Waals surface area contributed by atoms with Crippen LogP contribution in [0.4, 0.5) is 5.69 Å². The maximum atomic E-state index is 12.8. The number of hydrogen-bond donors (Lipinski definition) is 2. The molecular formula is C24H34N4O3S. The first-order chi connectivity index (χ1) is 15.2. The molecule has 0 aliphatic carbocycles. The third-order valence-corrected chi connectivity index (χ3v) is 7.23. The number of carbonyl (C=O) groups is 1. The van der Waals surface area contributed by atoms with Gasteiger partial charge in [0, 0.05) is 44.0 Å². The van der Waals surface area contributed by atoms with Crippen LogP contribution < -0.4 is 10.0 Å². The number of rotatable bonds is 9. The number of anilines is 1. The number of sulfonamides is 1. The highest BCUT2D eigenvalue weighted by molar-refractivity contribution is 7.92. The van der Waals surface area contributed by atoms with E-state index in [-0.39, 0.29) is 10.8 Å². The fourth-order valence-electron chi connectivity index (χ4n) is 3.68. The summed E-state index contributed by atoms with van der Waals surface area (Å²) in [6, 6.07) is 11.8. The van der Waals surface area contributed by atoms with E-state index >= 15 is 0 Å². The second kappa shape index (κ2) is 10.9. The largest absolute Gasteiger partial charge is 0.352 e. The first-order valence-electron chi connectivity index (χ1n) is 11.1. The number of benzene rings is 2. The molecule has 32 heavy (non-hydrogen) atoms. The van der Waals surface area contributed by atoms with Gasteiger partial charge in [-0.2, -0.15) is 0 Å². The maximum Gasteiger partial charge on any atom is 0.261 e. The fraction of sp³-hybridized carbons (Fsp3) is 0.458. The smallest absolute Gasteiger partial charge is 0.261 e. The van der Waals surface area contributed by atoms with E-state index in [1.165, 1.54) is 12.1 Å². The molecule has 0 bridgehead atoms. The van der Waals surface area contributed by atoms with E-state index in [4.69, 9.17) is 0 Å². The van der Waals surface area contributed by atoms with Crippen molar-refractivity contribution in [2.45, 2.75) is 31.6 Å². The number of nitrogens with zero attached hydrogens (tertiary/aromatic N) is 2. The van der Waals surface area contributed by atoms with Gasteiger partial charge in [-0.3, -0.25) is 9.52 Å². The number of unbranched alkanes of at least 4 members (excludes halogenated alkanes) is 1. The predicted molar refractivity (Wildman–Crippen MR) is 129 cm³/mol. The van der Waals surface area contributed by atoms with Crippen molar-refractivity contribution in [1.29, 1.82) is 0 Å². The van der Waals surface area contributed by atoms with E-state index in [0.717, 1.165) is 56.7 Å². The number of amides is 1. The monoisotopic (exact) mass is 458 g/mol. The third kappa shape index (κ3) is 6.79. The van der Waals surface area contributed by atoms with E-state index in [9.17, 15) is 13.2 Å². The lowest BCUT2D eigenvalue weighted by atomic mass is 10.1. The molecule has 2 aromatic carbocycles. The van der Waals surface area contributed by atoms with E-state index in [1.807, 2.05) is 26.0 Å². The van der Waals surface area contributed by atoms with Crippen LogP contribution in [0.5, 0.6) is 0 Å². The molecule has 0 saturated carbocycles. The molecule has 3 rings (SSSR count). The molecular weight excluding hydrogens is 424 g/mol. The topological polar surface area (TPSA) is 81.7 Å². The summed E-state index contributed by atoms with van der Waals surface area (Å²) in [4.78, 5) is 17.6. The normalized spacial score (nSPS) is 15.5. The summed E-state index contributed by atoms with van der Waals surface area (Å²) in [5.41, 5.74) is 2.67. The summed E-state index contributed by atoms with van der Waals surface area (Å²) >= 11 is 0. The minimum absolute atomic E-state index is 0.0730. The Bertz CT molecular complexity index is 1010. The Morgan fingerprint density at radius 1 is 0.969 bits per heavy atom. The Labute approximate surface area is 191 Å². The summed E-state index contributed by atoms with van der Waals surface area (Å²) in [5.74, 6) is -0.241. The van der Waals surface area contributed by atoms with Crippen molar-refractivity contribution in [2.75, 3.05) is 51.0 Å². The van der Waals surface area contributed by atoms with Gasteiger partial charge in [0.25, 0.3) is 15.9 Å². The lowest BCUT2D eigenvalue weighted by molar-refractivity contribution is 0.0951. The summed E-state index contributed by atoms with van der Waals surface area (Å²) in [7, 11) is -1.64. The fourth-order valence-corrected chi connectivity index (χ4v) is 4.76. The summed E-state index contributed by atoms with van der Waals surface area (Å²) in [6.07, 6.45) is 1.92. The van der Waals surface area contributed by atoms with Gasteiger partial charge >= 0.3 is 0 Å². The molecule has 1 heterocycles. The van der Waals surface area contributed by atoms with Gasteiger partial charge in [-0.15, -0.1) is 0 Å². The Morgan fingerprint density at radius 3 is 2.34 bits per heavy atom. The lowest BCUT2D eigenvalue weighted by Gasteiger charge is -2.32. The minimum atomic E-state index is -3.78.